The van der Waals surface area contributed by atoms with Crippen molar-refractivity contribution in [1.82, 2.24) is 19.8 Å². The molecule has 0 radical (unpaired) electrons. The highest BCUT2D eigenvalue weighted by Crippen LogP contribution is 2.22. The van der Waals surface area contributed by atoms with Crippen molar-refractivity contribution in [3.63, 3.8) is 0 Å². The number of halogens is 1. The van der Waals surface area contributed by atoms with Crippen molar-refractivity contribution in [2.24, 2.45) is 10.9 Å². The van der Waals surface area contributed by atoms with Crippen LogP contribution >= 0.6 is 24.0 Å². The topological polar surface area (TPSA) is 94.1 Å². The van der Waals surface area contributed by atoms with Gasteiger partial charge in [-0.2, -0.15) is 4.31 Å². The fourth-order valence-electron chi connectivity index (χ4n) is 3.76. The van der Waals surface area contributed by atoms with Crippen LogP contribution in [0, 0.1) is 5.92 Å². The van der Waals surface area contributed by atoms with E-state index in [1.54, 1.807) is 11.4 Å². The molecule has 8 nitrogen and oxygen atoms in total. The average molecular weight is 515 g/mol. The fourth-order valence-corrected chi connectivity index (χ4v) is 4.93. The van der Waals surface area contributed by atoms with Crippen LogP contribution in [-0.4, -0.2) is 81.6 Å². The normalized spacial score (nSPS) is 22.4. The van der Waals surface area contributed by atoms with Gasteiger partial charge in [0.05, 0.1) is 12.8 Å². The zero-order chi connectivity index (χ0) is 19.2. The Morgan fingerprint density at radius 1 is 1.19 bits per heavy atom. The van der Waals surface area contributed by atoms with Gasteiger partial charge in [-0.25, -0.2) is 8.42 Å². The molecule has 0 spiro atoms. The maximum absolute atomic E-state index is 11.9. The number of amides is 1. The molecule has 0 aromatic rings. The van der Waals surface area contributed by atoms with E-state index in [2.05, 4.69) is 15.5 Å². The van der Waals surface area contributed by atoms with Gasteiger partial charge in [0.25, 0.3) is 0 Å². The summed E-state index contributed by atoms with van der Waals surface area (Å²) in [4.78, 5) is 18.5. The van der Waals surface area contributed by atoms with Crippen molar-refractivity contribution in [2.45, 2.75) is 45.1 Å². The molecule has 2 heterocycles. The number of sulfonamides is 1. The summed E-state index contributed by atoms with van der Waals surface area (Å²) in [6, 6.07) is -0.0376. The molecule has 2 rings (SSSR count). The first kappa shape index (κ1) is 24.4. The smallest absolute Gasteiger partial charge is 0.220 e. The highest BCUT2D eigenvalue weighted by atomic mass is 127. The minimum Gasteiger partial charge on any atom is -0.359 e. The molecule has 2 saturated heterocycles. The largest absolute Gasteiger partial charge is 0.359 e. The maximum Gasteiger partial charge on any atom is 0.220 e. The number of hydrogen-bond donors (Lipinski definition) is 2. The lowest BCUT2D eigenvalue weighted by molar-refractivity contribution is -0.121. The number of carbonyl (C=O) groups is 1. The van der Waals surface area contributed by atoms with E-state index in [1.165, 1.54) is 6.26 Å². The van der Waals surface area contributed by atoms with E-state index >= 15 is 0 Å². The van der Waals surface area contributed by atoms with E-state index in [0.717, 1.165) is 51.3 Å². The predicted octanol–water partition coefficient (Wildman–Crippen LogP) is 0.842. The van der Waals surface area contributed by atoms with Crippen LogP contribution in [0.4, 0.5) is 0 Å². The Hall–Kier alpha value is -0.620. The van der Waals surface area contributed by atoms with Crippen LogP contribution in [0.5, 0.6) is 0 Å². The third-order valence-electron chi connectivity index (χ3n) is 5.20. The number of carbonyl (C=O) groups excluding carboxylic acids is 1. The minimum atomic E-state index is -3.17. The number of likely N-dealkylation sites (tertiary alicyclic amines) is 1. The molecule has 158 valence electrons. The standard InChI is InChI=1S/C17H33N5O3S.HI/c1-4-19-17(20-13-15-6-5-9-22(15)26(3,24)25)21-10-7-14(8-11-21)12-16(23)18-2;/h14-15H,4-13H2,1-3H3,(H,18,23)(H,19,20);1H/t15-;/m1./s1. The van der Waals surface area contributed by atoms with Gasteiger partial charge in [-0.15, -0.1) is 24.0 Å². The average Bonchev–Trinajstić information content (AvgIpc) is 3.08. The molecule has 0 aliphatic carbocycles. The van der Waals surface area contributed by atoms with Gasteiger partial charge in [0.1, 0.15) is 0 Å². The monoisotopic (exact) mass is 515 g/mol. The van der Waals surface area contributed by atoms with E-state index in [0.29, 0.717) is 25.4 Å². The molecule has 27 heavy (non-hydrogen) atoms. The summed E-state index contributed by atoms with van der Waals surface area (Å²) in [6.07, 6.45) is 5.56. The number of nitrogens with zero attached hydrogens (tertiary/aromatic N) is 3. The molecule has 0 bridgehead atoms. The van der Waals surface area contributed by atoms with Crippen molar-refractivity contribution in [2.75, 3.05) is 46.0 Å². The van der Waals surface area contributed by atoms with Crippen molar-refractivity contribution < 1.29 is 13.2 Å². The van der Waals surface area contributed by atoms with Crippen LogP contribution in [-0.2, 0) is 14.8 Å². The zero-order valence-corrected chi connectivity index (χ0v) is 19.8. The molecule has 1 atom stereocenters. The minimum absolute atomic E-state index is 0. The second-order valence-corrected chi connectivity index (χ2v) is 9.11. The summed E-state index contributed by atoms with van der Waals surface area (Å²) in [5, 5.41) is 6.02. The van der Waals surface area contributed by atoms with Gasteiger partial charge in [-0.3, -0.25) is 9.79 Å². The Labute approximate surface area is 180 Å². The highest BCUT2D eigenvalue weighted by Gasteiger charge is 2.31. The quantitative estimate of drug-likeness (QED) is 0.311. The van der Waals surface area contributed by atoms with Crippen molar-refractivity contribution >= 4 is 45.9 Å². The molecule has 10 heteroatoms. The molecule has 2 aliphatic heterocycles. The lowest BCUT2D eigenvalue weighted by atomic mass is 9.93. The van der Waals surface area contributed by atoms with Gasteiger partial charge in [-0.1, -0.05) is 0 Å². The first-order valence-electron chi connectivity index (χ1n) is 9.55. The van der Waals surface area contributed by atoms with Gasteiger partial charge in [0.15, 0.2) is 5.96 Å². The summed E-state index contributed by atoms with van der Waals surface area (Å²) >= 11 is 0. The van der Waals surface area contributed by atoms with E-state index in [9.17, 15) is 13.2 Å². The van der Waals surface area contributed by atoms with Gasteiger partial charge in [0.2, 0.25) is 15.9 Å². The van der Waals surface area contributed by atoms with Crippen LogP contribution in [0.15, 0.2) is 4.99 Å². The molecule has 0 aromatic carbocycles. The Balaban J connectivity index is 0.00000364. The van der Waals surface area contributed by atoms with Crippen molar-refractivity contribution in [3.8, 4) is 0 Å². The van der Waals surface area contributed by atoms with Gasteiger partial charge in [0, 0.05) is 45.7 Å². The lowest BCUT2D eigenvalue weighted by Gasteiger charge is -2.34. The number of aliphatic imine (C=N–C) groups is 1. The Morgan fingerprint density at radius 3 is 2.41 bits per heavy atom. The summed E-state index contributed by atoms with van der Waals surface area (Å²) in [7, 11) is -1.49. The number of guanidine groups is 1. The van der Waals surface area contributed by atoms with Crippen molar-refractivity contribution in [3.05, 3.63) is 0 Å². The van der Waals surface area contributed by atoms with E-state index in [-0.39, 0.29) is 35.9 Å². The van der Waals surface area contributed by atoms with Gasteiger partial charge < -0.3 is 15.5 Å². The van der Waals surface area contributed by atoms with Crippen LogP contribution in [0.1, 0.15) is 39.0 Å². The van der Waals surface area contributed by atoms with E-state index in [1.807, 2.05) is 6.92 Å². The molecule has 0 aromatic heterocycles. The summed E-state index contributed by atoms with van der Waals surface area (Å²) in [5.74, 6) is 1.38. The third kappa shape index (κ3) is 7.37. The molecule has 0 saturated carbocycles. The first-order chi connectivity index (χ1) is 12.3. The lowest BCUT2D eigenvalue weighted by Crippen LogP contribution is -2.46. The van der Waals surface area contributed by atoms with E-state index < -0.39 is 10.0 Å². The maximum atomic E-state index is 11.9. The molecule has 1 amide bonds. The molecular weight excluding hydrogens is 481 g/mol. The molecule has 2 N–H and O–H groups in total. The molecular formula is C17H34IN5O3S. The number of hydrogen-bond acceptors (Lipinski definition) is 4. The summed E-state index contributed by atoms with van der Waals surface area (Å²) < 4.78 is 25.3. The second kappa shape index (κ2) is 11.4. The molecule has 2 aliphatic rings. The van der Waals surface area contributed by atoms with E-state index in [4.69, 9.17) is 4.99 Å². The highest BCUT2D eigenvalue weighted by molar-refractivity contribution is 14.0. The van der Waals surface area contributed by atoms with Crippen molar-refractivity contribution in [1.29, 1.82) is 0 Å². The molecule has 0 unspecified atom stereocenters. The molecule has 2 fully saturated rings. The number of rotatable bonds is 6. The Bertz CT molecular complexity index is 606. The van der Waals surface area contributed by atoms with Crippen LogP contribution in [0.25, 0.3) is 0 Å². The van der Waals surface area contributed by atoms with Gasteiger partial charge in [-0.05, 0) is 38.5 Å². The van der Waals surface area contributed by atoms with Gasteiger partial charge >= 0.3 is 0 Å². The number of piperidine rings is 1. The third-order valence-corrected chi connectivity index (χ3v) is 6.54. The van der Waals surface area contributed by atoms with Crippen LogP contribution in [0.3, 0.4) is 0 Å². The Kier molecular flexibility index (Phi) is 10.3. The fraction of sp³-hybridized carbons (Fsp3) is 0.882. The summed E-state index contributed by atoms with van der Waals surface area (Å²) in [5.41, 5.74) is 0. The summed E-state index contributed by atoms with van der Waals surface area (Å²) in [6.45, 7) is 5.64. The first-order valence-corrected chi connectivity index (χ1v) is 11.4. The Morgan fingerprint density at radius 2 is 1.85 bits per heavy atom. The number of nitrogens with one attached hydrogen (secondary N) is 2. The zero-order valence-electron chi connectivity index (χ0n) is 16.6. The second-order valence-electron chi connectivity index (χ2n) is 7.17. The van der Waals surface area contributed by atoms with Crippen LogP contribution < -0.4 is 10.6 Å². The predicted molar refractivity (Wildman–Crippen MR) is 119 cm³/mol. The van der Waals surface area contributed by atoms with Crippen LogP contribution in [0.2, 0.25) is 0 Å². The SMILES string of the molecule is CCNC(=NC[C@H]1CCCN1S(C)(=O)=O)N1CCC(CC(=O)NC)CC1.I.